The zero-order chi connectivity index (χ0) is 18.1. The summed E-state index contributed by atoms with van der Waals surface area (Å²) < 4.78 is 5.70. The summed E-state index contributed by atoms with van der Waals surface area (Å²) in [5.74, 6) is 0.953. The molecule has 0 amide bonds. The number of rotatable bonds is 9. The first-order valence-electron chi connectivity index (χ1n) is 9.86. The van der Waals surface area contributed by atoms with Gasteiger partial charge in [0.25, 0.3) is 0 Å². The number of nitrogens with one attached hydrogen (secondary N) is 2. The van der Waals surface area contributed by atoms with E-state index in [4.69, 9.17) is 9.73 Å². The van der Waals surface area contributed by atoms with E-state index in [-0.39, 0.29) is 24.0 Å². The van der Waals surface area contributed by atoms with E-state index in [1.54, 1.807) is 0 Å². The van der Waals surface area contributed by atoms with E-state index in [9.17, 15) is 0 Å². The summed E-state index contributed by atoms with van der Waals surface area (Å²) >= 11 is 1.98. The second-order valence-corrected chi connectivity index (χ2v) is 8.57. The minimum atomic E-state index is 0. The lowest BCUT2D eigenvalue weighted by Gasteiger charge is -2.26. The third kappa shape index (κ3) is 8.17. The van der Waals surface area contributed by atoms with E-state index in [1.807, 2.05) is 11.8 Å². The fraction of sp³-hybridized carbons (Fsp3) is 0.650. The van der Waals surface area contributed by atoms with Crippen molar-refractivity contribution >= 4 is 41.7 Å². The highest BCUT2D eigenvalue weighted by molar-refractivity contribution is 14.0. The van der Waals surface area contributed by atoms with Gasteiger partial charge >= 0.3 is 0 Å². The number of nitrogens with zero attached hydrogens (tertiary/aromatic N) is 2. The van der Waals surface area contributed by atoms with Gasteiger partial charge in [0.05, 0.1) is 19.8 Å². The molecule has 0 spiro atoms. The molecule has 1 aliphatic carbocycles. The molecular formula is C20H33IN4OS. The largest absolute Gasteiger partial charge is 0.379 e. The first-order valence-corrected chi connectivity index (χ1v) is 10.7. The zero-order valence-corrected chi connectivity index (χ0v) is 19.4. The van der Waals surface area contributed by atoms with Gasteiger partial charge in [-0.3, -0.25) is 9.89 Å². The van der Waals surface area contributed by atoms with Crippen LogP contribution >= 0.6 is 35.7 Å². The van der Waals surface area contributed by atoms with E-state index < -0.39 is 0 Å². The minimum absolute atomic E-state index is 0. The van der Waals surface area contributed by atoms with Gasteiger partial charge in [0.2, 0.25) is 0 Å². The molecule has 1 saturated heterocycles. The molecule has 3 rings (SSSR count). The first kappa shape index (κ1) is 22.8. The Bertz CT molecular complexity index is 562. The summed E-state index contributed by atoms with van der Waals surface area (Å²) in [5.41, 5.74) is 0. The lowest BCUT2D eigenvalue weighted by atomic mass is 10.3. The highest BCUT2D eigenvalue weighted by atomic mass is 127. The van der Waals surface area contributed by atoms with Gasteiger partial charge in [-0.25, -0.2) is 0 Å². The Labute approximate surface area is 185 Å². The van der Waals surface area contributed by atoms with Crippen LogP contribution in [0.25, 0.3) is 0 Å². The Hall–Kier alpha value is -0.510. The van der Waals surface area contributed by atoms with Crippen LogP contribution in [-0.2, 0) is 4.74 Å². The quantitative estimate of drug-likeness (QED) is 0.234. The van der Waals surface area contributed by atoms with Crippen molar-refractivity contribution in [1.82, 2.24) is 15.5 Å². The van der Waals surface area contributed by atoms with Crippen LogP contribution in [0, 0.1) is 0 Å². The second kappa shape index (κ2) is 12.1. The summed E-state index contributed by atoms with van der Waals surface area (Å²) in [4.78, 5) is 8.70. The molecular weight excluding hydrogens is 471 g/mol. The van der Waals surface area contributed by atoms with Gasteiger partial charge in [-0.05, 0) is 44.9 Å². The number of halogens is 1. The van der Waals surface area contributed by atoms with Gasteiger partial charge in [-0.15, -0.1) is 35.7 Å². The Kier molecular flexibility index (Phi) is 10.2. The number of hydrogen-bond acceptors (Lipinski definition) is 4. The molecule has 0 unspecified atom stereocenters. The third-order valence-corrected chi connectivity index (χ3v) is 6.28. The van der Waals surface area contributed by atoms with E-state index >= 15 is 0 Å². The minimum Gasteiger partial charge on any atom is -0.379 e. The molecule has 1 saturated carbocycles. The van der Waals surface area contributed by atoms with Crippen LogP contribution in [0.5, 0.6) is 0 Å². The van der Waals surface area contributed by atoms with Crippen molar-refractivity contribution in [2.24, 2.45) is 4.99 Å². The van der Waals surface area contributed by atoms with Gasteiger partial charge in [0.1, 0.15) is 0 Å². The average molecular weight is 504 g/mol. The Morgan fingerprint density at radius 2 is 1.93 bits per heavy atom. The average Bonchev–Trinajstić information content (AvgIpc) is 3.44. The fourth-order valence-electron chi connectivity index (χ4n) is 3.07. The lowest BCUT2D eigenvalue weighted by molar-refractivity contribution is 0.0376. The van der Waals surface area contributed by atoms with Crippen LogP contribution in [0.1, 0.15) is 26.2 Å². The summed E-state index contributed by atoms with van der Waals surface area (Å²) in [6.07, 6.45) is 3.65. The van der Waals surface area contributed by atoms with Gasteiger partial charge in [-0.1, -0.05) is 18.2 Å². The maximum absolute atomic E-state index is 5.40. The molecule has 0 aromatic heterocycles. The van der Waals surface area contributed by atoms with Crippen LogP contribution < -0.4 is 10.6 Å². The number of thioether (sulfide) groups is 1. The lowest BCUT2D eigenvalue weighted by Crippen LogP contribution is -2.41. The maximum atomic E-state index is 5.40. The zero-order valence-electron chi connectivity index (χ0n) is 16.3. The number of hydrogen-bond donors (Lipinski definition) is 2. The molecule has 152 valence electrons. The monoisotopic (exact) mass is 504 g/mol. The third-order valence-electron chi connectivity index (χ3n) is 4.80. The predicted octanol–water partition coefficient (Wildman–Crippen LogP) is 3.21. The van der Waals surface area contributed by atoms with Gasteiger partial charge < -0.3 is 15.4 Å². The molecule has 1 aromatic rings. The van der Waals surface area contributed by atoms with Crippen LogP contribution in [0.2, 0.25) is 0 Å². The molecule has 0 bridgehead atoms. The summed E-state index contributed by atoms with van der Waals surface area (Å²) in [6, 6.07) is 10.7. The van der Waals surface area contributed by atoms with Gasteiger partial charge in [0, 0.05) is 35.8 Å². The normalized spacial score (nSPS) is 19.2. The smallest absolute Gasteiger partial charge is 0.191 e. The van der Waals surface area contributed by atoms with Crippen LogP contribution in [0.4, 0.5) is 0 Å². The predicted molar refractivity (Wildman–Crippen MR) is 126 cm³/mol. The van der Waals surface area contributed by atoms with E-state index in [2.05, 4.69) is 52.8 Å². The number of benzene rings is 1. The molecule has 1 aromatic carbocycles. The summed E-state index contributed by atoms with van der Waals surface area (Å²) in [7, 11) is 0. The number of aliphatic imine (C=N–C) groups is 1. The topological polar surface area (TPSA) is 48.9 Å². The van der Waals surface area contributed by atoms with Gasteiger partial charge in [-0.2, -0.15) is 0 Å². The fourth-order valence-corrected chi connectivity index (χ4v) is 4.30. The molecule has 27 heavy (non-hydrogen) atoms. The molecule has 7 heteroatoms. The molecule has 2 aliphatic rings. The van der Waals surface area contributed by atoms with E-state index in [0.29, 0.717) is 4.75 Å². The van der Waals surface area contributed by atoms with Crippen molar-refractivity contribution in [3.05, 3.63) is 30.3 Å². The number of guanidine groups is 1. The Morgan fingerprint density at radius 3 is 2.59 bits per heavy atom. The Morgan fingerprint density at radius 1 is 1.19 bits per heavy atom. The second-order valence-electron chi connectivity index (χ2n) is 7.03. The highest BCUT2D eigenvalue weighted by Gasteiger charge is 2.43. The molecule has 0 radical (unpaired) electrons. The number of morpholine rings is 1. The van der Waals surface area contributed by atoms with E-state index in [0.717, 1.165) is 64.9 Å². The van der Waals surface area contributed by atoms with Crippen molar-refractivity contribution in [2.75, 3.05) is 52.5 Å². The molecule has 5 nitrogen and oxygen atoms in total. The molecule has 2 N–H and O–H groups in total. The molecule has 1 aliphatic heterocycles. The van der Waals surface area contributed by atoms with Crippen molar-refractivity contribution in [3.8, 4) is 0 Å². The standard InChI is InChI=1S/C20H32N4OS.HI/c1-2-21-19(22-11-6-12-24-13-15-25-16-14-24)23-17-20(9-10-20)26-18-7-4-3-5-8-18;/h3-5,7-8H,2,6,9-17H2,1H3,(H2,21,22,23);1H. The molecule has 2 fully saturated rings. The maximum Gasteiger partial charge on any atom is 0.191 e. The number of ether oxygens (including phenoxy) is 1. The van der Waals surface area contributed by atoms with Crippen LogP contribution in [0.3, 0.4) is 0 Å². The van der Waals surface area contributed by atoms with E-state index in [1.165, 1.54) is 17.7 Å². The van der Waals surface area contributed by atoms with Crippen molar-refractivity contribution < 1.29 is 4.74 Å². The Balaban J connectivity index is 0.00000261. The SMILES string of the molecule is CCNC(=NCC1(Sc2ccccc2)CC1)NCCCN1CCOCC1.I. The highest BCUT2D eigenvalue weighted by Crippen LogP contribution is 2.51. The summed E-state index contributed by atoms with van der Waals surface area (Å²) in [5, 5.41) is 6.88. The van der Waals surface area contributed by atoms with Crippen molar-refractivity contribution in [2.45, 2.75) is 35.8 Å². The van der Waals surface area contributed by atoms with Crippen molar-refractivity contribution in [3.63, 3.8) is 0 Å². The van der Waals surface area contributed by atoms with Gasteiger partial charge in [0.15, 0.2) is 5.96 Å². The van der Waals surface area contributed by atoms with Crippen LogP contribution in [-0.4, -0.2) is 68.1 Å². The summed E-state index contributed by atoms with van der Waals surface area (Å²) in [6.45, 7) is 9.86. The van der Waals surface area contributed by atoms with Crippen LogP contribution in [0.15, 0.2) is 40.2 Å². The van der Waals surface area contributed by atoms with Crippen molar-refractivity contribution in [1.29, 1.82) is 0 Å². The first-order chi connectivity index (χ1) is 12.8. The molecule has 0 atom stereocenters. The molecule has 1 heterocycles.